The Bertz CT molecular complexity index is 493. The van der Waals surface area contributed by atoms with E-state index in [1.807, 2.05) is 6.92 Å². The Labute approximate surface area is 115 Å². The van der Waals surface area contributed by atoms with Gasteiger partial charge in [0.25, 0.3) is 0 Å². The summed E-state index contributed by atoms with van der Waals surface area (Å²) in [6.45, 7) is 10.3. The summed E-state index contributed by atoms with van der Waals surface area (Å²) in [5.41, 5.74) is 2.75. The predicted molar refractivity (Wildman–Crippen MR) is 76.7 cm³/mol. The molecule has 1 saturated heterocycles. The summed E-state index contributed by atoms with van der Waals surface area (Å²) in [6, 6.07) is 4.35. The monoisotopic (exact) mass is 259 g/mol. The first-order chi connectivity index (χ1) is 8.78. The molecule has 0 radical (unpaired) electrons. The van der Waals surface area contributed by atoms with E-state index in [4.69, 9.17) is 9.31 Å². The highest BCUT2D eigenvalue weighted by atomic mass is 16.7. The molecule has 1 aromatic rings. The van der Waals surface area contributed by atoms with Crippen LogP contribution in [0.2, 0.25) is 0 Å². The molecular weight excluding hydrogens is 237 g/mol. The van der Waals surface area contributed by atoms with Gasteiger partial charge in [0, 0.05) is 5.69 Å². The zero-order chi connectivity index (χ0) is 13.8. The third-order valence-corrected chi connectivity index (χ3v) is 4.54. The highest BCUT2D eigenvalue weighted by Crippen LogP contribution is 2.40. The average Bonchev–Trinajstić information content (AvgIpc) is 3.06. The van der Waals surface area contributed by atoms with Crippen molar-refractivity contribution < 1.29 is 9.31 Å². The predicted octanol–water partition coefficient (Wildman–Crippen LogP) is 2.57. The van der Waals surface area contributed by atoms with Crippen molar-refractivity contribution in [3.63, 3.8) is 0 Å². The molecule has 102 valence electrons. The van der Waals surface area contributed by atoms with Crippen molar-refractivity contribution in [2.45, 2.75) is 64.6 Å². The van der Waals surface area contributed by atoms with Crippen molar-refractivity contribution in [1.29, 1.82) is 0 Å². The largest absolute Gasteiger partial charge is 0.514 e. The first-order valence-corrected chi connectivity index (χ1v) is 7.13. The lowest BCUT2D eigenvalue weighted by Gasteiger charge is -2.32. The maximum atomic E-state index is 6.08. The lowest BCUT2D eigenvalue weighted by atomic mass is 9.83. The third-order valence-electron chi connectivity index (χ3n) is 4.54. The quantitative estimate of drug-likeness (QED) is 0.765. The molecule has 2 fully saturated rings. The van der Waals surface area contributed by atoms with Crippen LogP contribution in [0.15, 0.2) is 12.1 Å². The number of rotatable bonds is 2. The molecule has 3 nitrogen and oxygen atoms in total. The number of hydrogen-bond donors (Lipinski definition) is 0. The lowest BCUT2D eigenvalue weighted by molar-refractivity contribution is 0.00578. The van der Waals surface area contributed by atoms with Gasteiger partial charge in [0.15, 0.2) is 0 Å². The van der Waals surface area contributed by atoms with E-state index < -0.39 is 0 Å². The number of hydrogen-bond acceptors (Lipinski definition) is 3. The van der Waals surface area contributed by atoms with Crippen molar-refractivity contribution in [3.8, 4) is 0 Å². The molecule has 4 heteroatoms. The second kappa shape index (κ2) is 4.06. The van der Waals surface area contributed by atoms with Gasteiger partial charge in [0.2, 0.25) is 0 Å². The third kappa shape index (κ3) is 2.32. The van der Waals surface area contributed by atoms with Gasteiger partial charge in [-0.1, -0.05) is 0 Å². The normalized spacial score (nSPS) is 24.8. The van der Waals surface area contributed by atoms with Crippen LogP contribution in [0, 0.1) is 6.92 Å². The lowest BCUT2D eigenvalue weighted by Crippen LogP contribution is -2.41. The van der Waals surface area contributed by atoms with E-state index in [1.165, 1.54) is 18.4 Å². The molecule has 1 aliphatic carbocycles. The molecule has 0 unspecified atom stereocenters. The molecule has 0 bridgehead atoms. The summed E-state index contributed by atoms with van der Waals surface area (Å²) in [5.74, 6) is 0.725. The molecule has 19 heavy (non-hydrogen) atoms. The fraction of sp³-hybridized carbons (Fsp3) is 0.667. The van der Waals surface area contributed by atoms with Crippen LogP contribution >= 0.6 is 0 Å². The van der Waals surface area contributed by atoms with Crippen LogP contribution in [0.25, 0.3) is 0 Å². The Morgan fingerprint density at radius 2 is 1.68 bits per heavy atom. The zero-order valence-corrected chi connectivity index (χ0v) is 12.5. The van der Waals surface area contributed by atoms with Crippen LogP contribution in [-0.4, -0.2) is 23.3 Å². The van der Waals surface area contributed by atoms with Gasteiger partial charge in [0.05, 0.1) is 16.8 Å². The van der Waals surface area contributed by atoms with Crippen LogP contribution in [0.5, 0.6) is 0 Å². The summed E-state index contributed by atoms with van der Waals surface area (Å²) in [6.07, 6.45) is 2.60. The Morgan fingerprint density at radius 1 is 1.11 bits per heavy atom. The first-order valence-electron chi connectivity index (χ1n) is 7.13. The summed E-state index contributed by atoms with van der Waals surface area (Å²) in [5, 5.41) is 0. The van der Waals surface area contributed by atoms with E-state index in [-0.39, 0.29) is 18.3 Å². The van der Waals surface area contributed by atoms with Crippen LogP contribution in [-0.2, 0) is 9.31 Å². The topological polar surface area (TPSA) is 31.4 Å². The summed E-state index contributed by atoms with van der Waals surface area (Å²) < 4.78 is 12.2. The Kier molecular flexibility index (Phi) is 2.81. The highest BCUT2D eigenvalue weighted by molar-refractivity contribution is 6.61. The standard InChI is InChI=1S/C15H22BNO2/c1-10-8-12(11-6-7-11)9-13(17-10)16-18-14(2,3)15(4,5)19-16/h8-9,11H,6-7H2,1-5H3. The average molecular weight is 259 g/mol. The van der Waals surface area contributed by atoms with Gasteiger partial charge in [-0.05, 0) is 71.1 Å². The van der Waals surface area contributed by atoms with Crippen molar-refractivity contribution in [1.82, 2.24) is 4.98 Å². The minimum absolute atomic E-state index is 0.303. The van der Waals surface area contributed by atoms with Crippen LogP contribution < -0.4 is 5.59 Å². The molecular formula is C15H22BNO2. The van der Waals surface area contributed by atoms with Gasteiger partial charge in [-0.25, -0.2) is 0 Å². The first kappa shape index (κ1) is 13.1. The molecule has 0 aromatic carbocycles. The molecule has 3 rings (SSSR count). The van der Waals surface area contributed by atoms with Crippen molar-refractivity contribution >= 4 is 12.7 Å². The van der Waals surface area contributed by atoms with E-state index in [9.17, 15) is 0 Å². The molecule has 2 aliphatic rings. The molecule has 1 aromatic heterocycles. The van der Waals surface area contributed by atoms with E-state index in [1.54, 1.807) is 0 Å². The number of aryl methyl sites for hydroxylation is 1. The van der Waals surface area contributed by atoms with Gasteiger partial charge in [-0.3, -0.25) is 4.98 Å². The van der Waals surface area contributed by atoms with E-state index >= 15 is 0 Å². The fourth-order valence-electron chi connectivity index (χ4n) is 2.46. The zero-order valence-electron chi connectivity index (χ0n) is 12.5. The van der Waals surface area contributed by atoms with Gasteiger partial charge in [0.1, 0.15) is 0 Å². The van der Waals surface area contributed by atoms with Gasteiger partial charge in [-0.2, -0.15) is 0 Å². The van der Waals surface area contributed by atoms with Gasteiger partial charge < -0.3 is 9.31 Å². The minimum Gasteiger partial charge on any atom is -0.398 e. The molecule has 0 amide bonds. The summed E-state index contributed by atoms with van der Waals surface area (Å²) >= 11 is 0. The molecule has 1 aliphatic heterocycles. The molecule has 0 N–H and O–H groups in total. The highest BCUT2D eigenvalue weighted by Gasteiger charge is 2.52. The molecule has 1 saturated carbocycles. The molecule has 2 heterocycles. The molecule has 0 atom stereocenters. The minimum atomic E-state index is -0.345. The van der Waals surface area contributed by atoms with Crippen molar-refractivity contribution in [2.75, 3.05) is 0 Å². The van der Waals surface area contributed by atoms with Crippen LogP contribution in [0.3, 0.4) is 0 Å². The smallest absolute Gasteiger partial charge is 0.398 e. The Hall–Kier alpha value is -0.865. The second-order valence-corrected chi connectivity index (χ2v) is 6.83. The number of pyridine rings is 1. The van der Waals surface area contributed by atoms with E-state index in [0.717, 1.165) is 17.2 Å². The second-order valence-electron chi connectivity index (χ2n) is 6.83. The maximum Gasteiger partial charge on any atom is 0.514 e. The maximum absolute atomic E-state index is 6.08. The number of aromatic nitrogens is 1. The van der Waals surface area contributed by atoms with Crippen LogP contribution in [0.1, 0.15) is 57.7 Å². The summed E-state index contributed by atoms with van der Waals surface area (Å²) in [7, 11) is -0.345. The van der Waals surface area contributed by atoms with Gasteiger partial charge >= 0.3 is 7.12 Å². The molecule has 0 spiro atoms. The fourth-order valence-corrected chi connectivity index (χ4v) is 2.46. The SMILES string of the molecule is Cc1cc(C2CC2)cc(B2OC(C)(C)C(C)(C)O2)n1. The van der Waals surface area contributed by atoms with Crippen molar-refractivity contribution in [3.05, 3.63) is 23.4 Å². The summed E-state index contributed by atoms with van der Waals surface area (Å²) in [4.78, 5) is 4.61. The van der Waals surface area contributed by atoms with Crippen molar-refractivity contribution in [2.24, 2.45) is 0 Å². The van der Waals surface area contributed by atoms with E-state index in [0.29, 0.717) is 0 Å². The van der Waals surface area contributed by atoms with Gasteiger partial charge in [-0.15, -0.1) is 0 Å². The Balaban J connectivity index is 1.91. The van der Waals surface area contributed by atoms with E-state index in [2.05, 4.69) is 44.8 Å². The Morgan fingerprint density at radius 3 is 2.21 bits per heavy atom. The van der Waals surface area contributed by atoms with Crippen LogP contribution in [0.4, 0.5) is 0 Å². The number of nitrogens with zero attached hydrogens (tertiary/aromatic N) is 1.